The van der Waals surface area contributed by atoms with Crippen molar-refractivity contribution in [3.05, 3.63) is 75.7 Å². The molecule has 0 saturated heterocycles. The third-order valence-corrected chi connectivity index (χ3v) is 5.29. The summed E-state index contributed by atoms with van der Waals surface area (Å²) in [4.78, 5) is 11.8. The Bertz CT molecular complexity index is 1200. The van der Waals surface area contributed by atoms with Crippen molar-refractivity contribution < 1.29 is 22.5 Å². The lowest BCUT2D eigenvalue weighted by Gasteiger charge is -2.15. The molecule has 0 radical (unpaired) electrons. The van der Waals surface area contributed by atoms with Crippen LogP contribution in [0.25, 0.3) is 0 Å². The Labute approximate surface area is 187 Å². The number of carbonyl (C=O) groups excluding carboxylic acids is 1. The van der Waals surface area contributed by atoms with Crippen LogP contribution in [0.1, 0.15) is 0 Å². The number of carbonyl (C=O) groups is 1. The number of amides is 2. The van der Waals surface area contributed by atoms with Crippen LogP contribution < -0.4 is 15.4 Å². The number of anilines is 2. The van der Waals surface area contributed by atoms with Crippen molar-refractivity contribution in [3.63, 3.8) is 0 Å². The van der Waals surface area contributed by atoms with Gasteiger partial charge in [-0.25, -0.2) is 4.79 Å². The summed E-state index contributed by atoms with van der Waals surface area (Å²) in [6.45, 7) is 0. The summed E-state index contributed by atoms with van der Waals surface area (Å²) in [5.41, 5.74) is 0.651. The number of nitrogens with one attached hydrogen (secondary N) is 2. The Morgan fingerprint density at radius 3 is 2.00 bits per heavy atom. The van der Waals surface area contributed by atoms with Crippen molar-refractivity contribution in [1.29, 1.82) is 0 Å². The Kier molecular flexibility index (Phi) is 6.74. The molecule has 3 aromatic rings. The quantitative estimate of drug-likeness (QED) is 0.365. The first-order valence-electron chi connectivity index (χ1n) is 8.20. The van der Waals surface area contributed by atoms with Gasteiger partial charge in [0.2, 0.25) is 0 Å². The smallest absolute Gasteiger partial charge is 0.323 e. The number of halogens is 3. The molecule has 3 aromatic carbocycles. The largest absolute Gasteiger partial charge is 0.454 e. The van der Waals surface area contributed by atoms with Crippen LogP contribution in [0.4, 0.5) is 16.2 Å². The predicted octanol–water partition coefficient (Wildman–Crippen LogP) is 6.33. The fourth-order valence-corrected chi connectivity index (χ4v) is 3.57. The first-order chi connectivity index (χ1) is 14.1. The summed E-state index contributed by atoms with van der Waals surface area (Å²) in [7, 11) is -4.61. The molecular formula is C19H13Cl3N2O5S. The van der Waals surface area contributed by atoms with Crippen LogP contribution >= 0.6 is 34.8 Å². The van der Waals surface area contributed by atoms with E-state index in [0.29, 0.717) is 15.7 Å². The molecule has 0 saturated carbocycles. The molecule has 156 valence electrons. The highest BCUT2D eigenvalue weighted by Gasteiger charge is 2.19. The van der Waals surface area contributed by atoms with Gasteiger partial charge in [0, 0.05) is 20.8 Å². The van der Waals surface area contributed by atoms with E-state index >= 15 is 0 Å². The van der Waals surface area contributed by atoms with Gasteiger partial charge in [0.15, 0.2) is 5.75 Å². The highest BCUT2D eigenvalue weighted by atomic mass is 35.5. The van der Waals surface area contributed by atoms with Crippen molar-refractivity contribution in [1.82, 2.24) is 0 Å². The summed E-state index contributed by atoms with van der Waals surface area (Å²) >= 11 is 17.6. The van der Waals surface area contributed by atoms with Crippen LogP contribution in [-0.2, 0) is 10.1 Å². The Morgan fingerprint density at radius 2 is 1.37 bits per heavy atom. The zero-order valence-electron chi connectivity index (χ0n) is 14.9. The van der Waals surface area contributed by atoms with Gasteiger partial charge in [0.1, 0.15) is 10.6 Å². The molecule has 0 aliphatic carbocycles. The molecule has 3 rings (SSSR count). The zero-order chi connectivity index (χ0) is 21.9. The Balaban J connectivity index is 1.88. The molecular weight excluding hydrogens is 475 g/mol. The van der Waals surface area contributed by atoms with Crippen LogP contribution in [-0.4, -0.2) is 19.0 Å². The maximum atomic E-state index is 12.3. The minimum Gasteiger partial charge on any atom is -0.454 e. The summed E-state index contributed by atoms with van der Waals surface area (Å²) in [5.74, 6) is -0.108. The third-order valence-electron chi connectivity index (χ3n) is 3.70. The van der Waals surface area contributed by atoms with E-state index in [1.54, 1.807) is 24.3 Å². The molecule has 11 heteroatoms. The molecule has 0 bridgehead atoms. The zero-order valence-corrected chi connectivity index (χ0v) is 18.0. The van der Waals surface area contributed by atoms with Gasteiger partial charge in [-0.3, -0.25) is 4.55 Å². The maximum Gasteiger partial charge on any atom is 0.323 e. The molecule has 0 unspecified atom stereocenters. The fraction of sp³-hybridized carbons (Fsp3) is 0. The van der Waals surface area contributed by atoms with E-state index in [4.69, 9.17) is 39.5 Å². The van der Waals surface area contributed by atoms with Gasteiger partial charge < -0.3 is 15.4 Å². The Morgan fingerprint density at radius 1 is 0.800 bits per heavy atom. The van der Waals surface area contributed by atoms with Crippen molar-refractivity contribution >= 4 is 62.3 Å². The van der Waals surface area contributed by atoms with E-state index in [1.165, 1.54) is 30.3 Å². The lowest BCUT2D eigenvalue weighted by atomic mass is 10.2. The van der Waals surface area contributed by atoms with E-state index in [9.17, 15) is 17.8 Å². The average molecular weight is 488 g/mol. The molecule has 3 N–H and O–H groups in total. The van der Waals surface area contributed by atoms with Crippen molar-refractivity contribution in [2.24, 2.45) is 0 Å². The summed E-state index contributed by atoms with van der Waals surface area (Å²) in [6.07, 6.45) is 0. The van der Waals surface area contributed by atoms with Crippen LogP contribution in [0.2, 0.25) is 15.1 Å². The van der Waals surface area contributed by atoms with E-state index in [0.717, 1.165) is 6.07 Å². The average Bonchev–Trinajstić information content (AvgIpc) is 2.66. The predicted molar refractivity (Wildman–Crippen MR) is 117 cm³/mol. The second-order valence-electron chi connectivity index (χ2n) is 5.89. The van der Waals surface area contributed by atoms with E-state index < -0.39 is 21.0 Å². The fourth-order valence-electron chi connectivity index (χ4n) is 2.39. The molecule has 0 atom stereocenters. The van der Waals surface area contributed by atoms with Crippen LogP contribution in [0.5, 0.6) is 11.5 Å². The number of hydrogen-bond donors (Lipinski definition) is 3. The first kappa shape index (κ1) is 22.2. The monoisotopic (exact) mass is 486 g/mol. The lowest BCUT2D eigenvalue weighted by molar-refractivity contribution is 0.262. The Hall–Kier alpha value is -2.49. The number of benzene rings is 3. The van der Waals surface area contributed by atoms with E-state index in [-0.39, 0.29) is 22.2 Å². The summed E-state index contributed by atoms with van der Waals surface area (Å²) < 4.78 is 38.4. The molecule has 0 spiro atoms. The molecule has 2 amide bonds. The highest BCUT2D eigenvalue weighted by Crippen LogP contribution is 2.36. The number of hydrogen-bond acceptors (Lipinski definition) is 4. The van der Waals surface area contributed by atoms with E-state index in [1.807, 2.05) is 0 Å². The van der Waals surface area contributed by atoms with Gasteiger partial charge in [-0.1, -0.05) is 34.8 Å². The van der Waals surface area contributed by atoms with Crippen molar-refractivity contribution in [2.75, 3.05) is 10.6 Å². The maximum absolute atomic E-state index is 12.3. The van der Waals surface area contributed by atoms with E-state index in [2.05, 4.69) is 10.6 Å². The molecule has 0 heterocycles. The SMILES string of the molecule is O=C(Nc1ccc(Cl)cc1)Nc1cc(Cl)ccc1Oc1ccc(Cl)cc1S(=O)(=O)O. The van der Waals surface area contributed by atoms with Crippen LogP contribution in [0.15, 0.2) is 65.6 Å². The van der Waals surface area contributed by atoms with Gasteiger partial charge in [-0.15, -0.1) is 0 Å². The molecule has 0 aromatic heterocycles. The molecule has 0 aliphatic rings. The van der Waals surface area contributed by atoms with Gasteiger partial charge in [-0.2, -0.15) is 8.42 Å². The number of rotatable bonds is 5. The second kappa shape index (κ2) is 9.11. The van der Waals surface area contributed by atoms with Crippen LogP contribution in [0.3, 0.4) is 0 Å². The van der Waals surface area contributed by atoms with Crippen LogP contribution in [0, 0.1) is 0 Å². The van der Waals surface area contributed by atoms with Gasteiger partial charge in [0.25, 0.3) is 10.1 Å². The minimum absolute atomic E-state index is 0.0814. The van der Waals surface area contributed by atoms with Gasteiger partial charge in [-0.05, 0) is 60.7 Å². The first-order valence-corrected chi connectivity index (χ1v) is 10.8. The molecule has 0 fully saturated rings. The summed E-state index contributed by atoms with van der Waals surface area (Å²) in [6, 6.07) is 13.9. The van der Waals surface area contributed by atoms with Gasteiger partial charge >= 0.3 is 6.03 Å². The topological polar surface area (TPSA) is 105 Å². The highest BCUT2D eigenvalue weighted by molar-refractivity contribution is 7.86. The molecule has 0 aliphatic heterocycles. The standard InChI is InChI=1S/C19H13Cl3N2O5S/c20-11-1-5-14(6-2-11)23-19(25)24-15-9-12(21)3-7-16(15)29-17-8-4-13(22)10-18(17)30(26,27)28/h1-10H,(H2,23,24,25)(H,26,27,28). The lowest BCUT2D eigenvalue weighted by Crippen LogP contribution is -2.19. The second-order valence-corrected chi connectivity index (χ2v) is 8.59. The van der Waals surface area contributed by atoms with Crippen molar-refractivity contribution in [2.45, 2.75) is 4.90 Å². The molecule has 30 heavy (non-hydrogen) atoms. The molecule has 7 nitrogen and oxygen atoms in total. The summed E-state index contributed by atoms with van der Waals surface area (Å²) in [5, 5.41) is 6.09. The normalized spacial score (nSPS) is 11.1. The number of ether oxygens (including phenoxy) is 1. The minimum atomic E-state index is -4.61. The van der Waals surface area contributed by atoms with Crippen molar-refractivity contribution in [3.8, 4) is 11.5 Å². The van der Waals surface area contributed by atoms with Gasteiger partial charge in [0.05, 0.1) is 5.69 Å². The third kappa shape index (κ3) is 5.78. The number of urea groups is 1.